The van der Waals surface area contributed by atoms with E-state index in [0.717, 1.165) is 0 Å². The van der Waals surface area contributed by atoms with Crippen molar-refractivity contribution in [3.63, 3.8) is 0 Å². The lowest BCUT2D eigenvalue weighted by molar-refractivity contribution is -0.120. The molecule has 1 amide bonds. The maximum atomic E-state index is 11.3. The Labute approximate surface area is 94.8 Å². The third-order valence-corrected chi connectivity index (χ3v) is 1.84. The number of nitrogens with zero attached hydrogens (tertiary/aromatic N) is 2. The molecule has 1 aromatic heterocycles. The van der Waals surface area contributed by atoms with Crippen LogP contribution in [0.3, 0.4) is 0 Å². The molecular formula is C10H18N4O2. The van der Waals surface area contributed by atoms with Crippen LogP contribution in [0.2, 0.25) is 0 Å². The molecule has 6 heteroatoms. The Morgan fingerprint density at radius 3 is 2.81 bits per heavy atom. The van der Waals surface area contributed by atoms with E-state index >= 15 is 0 Å². The van der Waals surface area contributed by atoms with E-state index in [1.54, 1.807) is 6.92 Å². The molecule has 6 nitrogen and oxygen atoms in total. The van der Waals surface area contributed by atoms with Gasteiger partial charge in [-0.2, -0.15) is 4.98 Å². The second-order valence-corrected chi connectivity index (χ2v) is 4.04. The number of aryl methyl sites for hydroxylation is 1. The summed E-state index contributed by atoms with van der Waals surface area (Å²) >= 11 is 0. The monoisotopic (exact) mass is 226 g/mol. The average molecular weight is 226 g/mol. The number of rotatable bonds is 6. The quantitative estimate of drug-likeness (QED) is 0.726. The molecule has 0 radical (unpaired) electrons. The van der Waals surface area contributed by atoms with Crippen LogP contribution < -0.4 is 10.6 Å². The van der Waals surface area contributed by atoms with Crippen molar-refractivity contribution in [2.24, 2.45) is 5.92 Å². The number of carbonyl (C=O) groups excluding carboxylic acids is 1. The highest BCUT2D eigenvalue weighted by molar-refractivity contribution is 5.77. The number of hydrogen-bond donors (Lipinski definition) is 2. The van der Waals surface area contributed by atoms with Crippen molar-refractivity contribution in [3.8, 4) is 0 Å². The van der Waals surface area contributed by atoms with Crippen LogP contribution in [0.5, 0.6) is 0 Å². The van der Waals surface area contributed by atoms with Crippen molar-refractivity contribution in [1.82, 2.24) is 20.8 Å². The minimum Gasteiger partial charge on any atom is -0.355 e. The van der Waals surface area contributed by atoms with Gasteiger partial charge in [0.15, 0.2) is 5.82 Å². The number of nitrogens with one attached hydrogen (secondary N) is 2. The summed E-state index contributed by atoms with van der Waals surface area (Å²) < 4.78 is 4.89. The van der Waals surface area contributed by atoms with E-state index in [4.69, 9.17) is 4.52 Å². The van der Waals surface area contributed by atoms with E-state index in [0.29, 0.717) is 30.7 Å². The predicted octanol–water partition coefficient (Wildman–Crippen LogP) is 0.240. The number of hydrogen-bond acceptors (Lipinski definition) is 5. The summed E-state index contributed by atoms with van der Waals surface area (Å²) in [5, 5.41) is 9.38. The fourth-order valence-corrected chi connectivity index (χ4v) is 1.08. The van der Waals surface area contributed by atoms with Gasteiger partial charge in [-0.25, -0.2) is 0 Å². The molecule has 0 spiro atoms. The molecule has 0 aliphatic heterocycles. The van der Waals surface area contributed by atoms with Crippen LogP contribution in [0.15, 0.2) is 4.52 Å². The van der Waals surface area contributed by atoms with E-state index in [2.05, 4.69) is 34.6 Å². The standard InChI is InChI=1S/C10H18N4O2/c1-7(2)4-12-9(15)5-11-6-10-13-8(3)14-16-10/h7,11H,4-6H2,1-3H3,(H,12,15). The SMILES string of the molecule is Cc1noc(CNCC(=O)NCC(C)C)n1. The van der Waals surface area contributed by atoms with E-state index in [1.807, 2.05) is 0 Å². The molecule has 0 bridgehead atoms. The summed E-state index contributed by atoms with van der Waals surface area (Å²) in [6, 6.07) is 0. The van der Waals surface area contributed by atoms with Gasteiger partial charge in [0.05, 0.1) is 13.1 Å². The van der Waals surface area contributed by atoms with Gasteiger partial charge in [-0.3, -0.25) is 10.1 Å². The number of aromatic nitrogens is 2. The van der Waals surface area contributed by atoms with Gasteiger partial charge in [-0.05, 0) is 12.8 Å². The summed E-state index contributed by atoms with van der Waals surface area (Å²) in [7, 11) is 0. The van der Waals surface area contributed by atoms with E-state index in [1.165, 1.54) is 0 Å². The Bertz CT molecular complexity index is 335. The molecule has 0 unspecified atom stereocenters. The smallest absolute Gasteiger partial charge is 0.240 e. The molecule has 0 saturated carbocycles. The second kappa shape index (κ2) is 6.22. The fraction of sp³-hybridized carbons (Fsp3) is 0.700. The van der Waals surface area contributed by atoms with Crippen molar-refractivity contribution in [2.75, 3.05) is 13.1 Å². The van der Waals surface area contributed by atoms with E-state index < -0.39 is 0 Å². The van der Waals surface area contributed by atoms with Crippen LogP contribution in [-0.2, 0) is 11.3 Å². The molecule has 90 valence electrons. The van der Waals surface area contributed by atoms with Crippen molar-refractivity contribution < 1.29 is 9.32 Å². The highest BCUT2D eigenvalue weighted by atomic mass is 16.5. The molecule has 0 atom stereocenters. The lowest BCUT2D eigenvalue weighted by atomic mass is 10.2. The summed E-state index contributed by atoms with van der Waals surface area (Å²) in [4.78, 5) is 15.3. The molecule has 0 aromatic carbocycles. The van der Waals surface area contributed by atoms with Gasteiger partial charge in [0.2, 0.25) is 11.8 Å². The van der Waals surface area contributed by atoms with Crippen LogP contribution in [0.25, 0.3) is 0 Å². The van der Waals surface area contributed by atoms with Gasteiger partial charge >= 0.3 is 0 Å². The van der Waals surface area contributed by atoms with Gasteiger partial charge in [0.1, 0.15) is 0 Å². The molecule has 0 aliphatic carbocycles. The molecular weight excluding hydrogens is 208 g/mol. The Hall–Kier alpha value is -1.43. The zero-order valence-corrected chi connectivity index (χ0v) is 9.91. The molecule has 1 aromatic rings. The van der Waals surface area contributed by atoms with Gasteiger partial charge in [-0.15, -0.1) is 0 Å². The van der Waals surface area contributed by atoms with Crippen molar-refractivity contribution in [2.45, 2.75) is 27.3 Å². The van der Waals surface area contributed by atoms with Crippen molar-refractivity contribution in [3.05, 3.63) is 11.7 Å². The van der Waals surface area contributed by atoms with E-state index in [-0.39, 0.29) is 12.5 Å². The van der Waals surface area contributed by atoms with Crippen LogP contribution in [-0.4, -0.2) is 29.1 Å². The predicted molar refractivity (Wildman–Crippen MR) is 58.6 cm³/mol. The zero-order chi connectivity index (χ0) is 12.0. The molecule has 0 saturated heterocycles. The lowest BCUT2D eigenvalue weighted by Crippen LogP contribution is -2.35. The molecule has 1 rings (SSSR count). The highest BCUT2D eigenvalue weighted by Gasteiger charge is 2.04. The zero-order valence-electron chi connectivity index (χ0n) is 9.91. The van der Waals surface area contributed by atoms with Crippen LogP contribution in [0, 0.1) is 12.8 Å². The van der Waals surface area contributed by atoms with Crippen LogP contribution in [0.1, 0.15) is 25.6 Å². The maximum absolute atomic E-state index is 11.3. The first-order valence-electron chi connectivity index (χ1n) is 5.34. The first-order chi connectivity index (χ1) is 7.58. The minimum atomic E-state index is -0.0232. The largest absolute Gasteiger partial charge is 0.355 e. The molecule has 1 heterocycles. The molecule has 0 fully saturated rings. The number of amides is 1. The summed E-state index contributed by atoms with van der Waals surface area (Å²) in [6.07, 6.45) is 0. The van der Waals surface area contributed by atoms with Gasteiger partial charge in [-0.1, -0.05) is 19.0 Å². The average Bonchev–Trinajstić information content (AvgIpc) is 2.61. The van der Waals surface area contributed by atoms with Gasteiger partial charge in [0, 0.05) is 6.54 Å². The maximum Gasteiger partial charge on any atom is 0.240 e. The highest BCUT2D eigenvalue weighted by Crippen LogP contribution is 1.93. The summed E-state index contributed by atoms with van der Waals surface area (Å²) in [6.45, 7) is 7.22. The van der Waals surface area contributed by atoms with Crippen molar-refractivity contribution in [1.29, 1.82) is 0 Å². The normalized spacial score (nSPS) is 10.8. The second-order valence-electron chi connectivity index (χ2n) is 4.04. The van der Waals surface area contributed by atoms with Gasteiger partial charge < -0.3 is 9.84 Å². The minimum absolute atomic E-state index is 0.0232. The third-order valence-electron chi connectivity index (χ3n) is 1.84. The summed E-state index contributed by atoms with van der Waals surface area (Å²) in [5.74, 6) is 1.53. The third kappa shape index (κ3) is 4.88. The number of carbonyl (C=O) groups is 1. The fourth-order valence-electron chi connectivity index (χ4n) is 1.08. The Morgan fingerprint density at radius 2 is 2.25 bits per heavy atom. The first-order valence-corrected chi connectivity index (χ1v) is 5.34. The molecule has 16 heavy (non-hydrogen) atoms. The Kier molecular flexibility index (Phi) is 4.91. The molecule has 0 aliphatic rings. The van der Waals surface area contributed by atoms with E-state index in [9.17, 15) is 4.79 Å². The lowest BCUT2D eigenvalue weighted by Gasteiger charge is -2.07. The summed E-state index contributed by atoms with van der Waals surface area (Å²) in [5.41, 5.74) is 0. The van der Waals surface area contributed by atoms with Gasteiger partial charge in [0.25, 0.3) is 0 Å². The first kappa shape index (κ1) is 12.6. The Balaban J connectivity index is 2.13. The van der Waals surface area contributed by atoms with Crippen LogP contribution in [0.4, 0.5) is 0 Å². The topological polar surface area (TPSA) is 80.0 Å². The Morgan fingerprint density at radius 1 is 1.50 bits per heavy atom. The molecule has 2 N–H and O–H groups in total. The van der Waals surface area contributed by atoms with Crippen molar-refractivity contribution >= 4 is 5.91 Å². The van der Waals surface area contributed by atoms with Crippen LogP contribution >= 0.6 is 0 Å².